The largest absolute Gasteiger partial charge is 0.378 e. The third-order valence-electron chi connectivity index (χ3n) is 1.95. The molecule has 2 rings (SSSR count). The third-order valence-corrected chi connectivity index (χ3v) is 1.95. The van der Waals surface area contributed by atoms with Gasteiger partial charge in [0.1, 0.15) is 5.60 Å². The van der Waals surface area contributed by atoms with Crippen molar-refractivity contribution in [2.24, 2.45) is 0 Å². The first-order valence-electron chi connectivity index (χ1n) is 4.73. The number of hydrogen-bond donors (Lipinski definition) is 2. The minimum absolute atomic E-state index is 0.869. The lowest BCUT2D eigenvalue weighted by molar-refractivity contribution is 0.143. The van der Waals surface area contributed by atoms with Crippen molar-refractivity contribution >= 4 is 10.9 Å². The molecule has 1 aromatic heterocycles. The van der Waals surface area contributed by atoms with Gasteiger partial charge >= 0.3 is 0 Å². The number of rotatable bonds is 0. The number of nitrogens with zero attached hydrogens (tertiary/aromatic N) is 1. The van der Waals surface area contributed by atoms with Gasteiger partial charge in [0.25, 0.3) is 0 Å². The molecule has 0 saturated carbocycles. The predicted molar refractivity (Wildman–Crippen MR) is 59.3 cm³/mol. The van der Waals surface area contributed by atoms with E-state index in [-0.39, 0.29) is 0 Å². The summed E-state index contributed by atoms with van der Waals surface area (Å²) >= 11 is 0. The van der Waals surface area contributed by atoms with Crippen LogP contribution in [-0.4, -0.2) is 20.9 Å². The van der Waals surface area contributed by atoms with E-state index in [1.807, 2.05) is 18.2 Å². The number of nitrogens with one attached hydrogen (secondary N) is 1. The van der Waals surface area contributed by atoms with Gasteiger partial charge in [0, 0.05) is 10.9 Å². The van der Waals surface area contributed by atoms with Crippen LogP contribution in [0.5, 0.6) is 0 Å². The Bertz CT molecular complexity index is 538. The van der Waals surface area contributed by atoms with Crippen LogP contribution >= 0.6 is 0 Å². The van der Waals surface area contributed by atoms with Crippen LogP contribution in [0.4, 0.5) is 0 Å². The summed E-state index contributed by atoms with van der Waals surface area (Å²) in [5, 5.41) is 17.3. The summed E-state index contributed by atoms with van der Waals surface area (Å²) in [6, 6.07) is 5.78. The number of H-pyrrole nitrogens is 1. The van der Waals surface area contributed by atoms with Gasteiger partial charge in [-0.25, -0.2) is 0 Å². The molecular formula is C12H12N2O. The second-order valence-electron chi connectivity index (χ2n) is 3.98. The fraction of sp³-hybridized carbons (Fsp3) is 0.250. The van der Waals surface area contributed by atoms with Gasteiger partial charge in [-0.2, -0.15) is 5.10 Å². The van der Waals surface area contributed by atoms with Gasteiger partial charge in [-0.3, -0.25) is 5.10 Å². The molecule has 1 heterocycles. The van der Waals surface area contributed by atoms with Crippen molar-refractivity contribution in [1.29, 1.82) is 0 Å². The summed E-state index contributed by atoms with van der Waals surface area (Å²) in [5.74, 6) is 5.69. The average molecular weight is 200 g/mol. The summed E-state index contributed by atoms with van der Waals surface area (Å²) in [7, 11) is 0. The fourth-order valence-corrected chi connectivity index (χ4v) is 1.24. The number of benzene rings is 1. The van der Waals surface area contributed by atoms with E-state index in [2.05, 4.69) is 22.0 Å². The van der Waals surface area contributed by atoms with E-state index in [4.69, 9.17) is 0 Å². The standard InChI is InChI=1S/C12H12N2O/c1-12(2,15)6-5-9-3-4-10-8-13-14-11(10)7-9/h3-4,7-8,15H,1-2H3,(H,13,14). The van der Waals surface area contributed by atoms with Crippen LogP contribution in [0.2, 0.25) is 0 Å². The minimum Gasteiger partial charge on any atom is -0.378 e. The Morgan fingerprint density at radius 2 is 2.20 bits per heavy atom. The van der Waals surface area contributed by atoms with Crippen molar-refractivity contribution in [2.45, 2.75) is 19.4 Å². The molecule has 0 aliphatic heterocycles. The molecule has 3 nitrogen and oxygen atoms in total. The zero-order valence-electron chi connectivity index (χ0n) is 8.70. The predicted octanol–water partition coefficient (Wildman–Crippen LogP) is 1.69. The van der Waals surface area contributed by atoms with E-state index in [9.17, 15) is 5.11 Å². The van der Waals surface area contributed by atoms with E-state index < -0.39 is 5.60 Å². The lowest BCUT2D eigenvalue weighted by Gasteiger charge is -2.05. The van der Waals surface area contributed by atoms with E-state index in [1.165, 1.54) is 0 Å². The molecule has 0 aliphatic carbocycles. The number of aliphatic hydroxyl groups is 1. The highest BCUT2D eigenvalue weighted by molar-refractivity contribution is 5.79. The smallest absolute Gasteiger partial charge is 0.120 e. The minimum atomic E-state index is -0.955. The maximum atomic E-state index is 9.46. The number of fused-ring (bicyclic) bond motifs is 1. The van der Waals surface area contributed by atoms with E-state index >= 15 is 0 Å². The highest BCUT2D eigenvalue weighted by Gasteiger charge is 2.05. The second-order valence-corrected chi connectivity index (χ2v) is 3.98. The zero-order chi connectivity index (χ0) is 10.9. The molecule has 0 spiro atoms. The Kier molecular flexibility index (Phi) is 2.22. The normalized spacial score (nSPS) is 11.1. The van der Waals surface area contributed by atoms with Crippen molar-refractivity contribution in [3.8, 4) is 11.8 Å². The van der Waals surface area contributed by atoms with Crippen LogP contribution in [0.15, 0.2) is 24.4 Å². The molecule has 0 amide bonds. The fourth-order valence-electron chi connectivity index (χ4n) is 1.24. The van der Waals surface area contributed by atoms with Gasteiger partial charge in [-0.1, -0.05) is 11.8 Å². The summed E-state index contributed by atoms with van der Waals surface area (Å²) in [6.45, 7) is 3.32. The second kappa shape index (κ2) is 3.41. The van der Waals surface area contributed by atoms with Crippen LogP contribution in [0, 0.1) is 11.8 Å². The van der Waals surface area contributed by atoms with Crippen molar-refractivity contribution in [2.75, 3.05) is 0 Å². The molecule has 3 heteroatoms. The van der Waals surface area contributed by atoms with Gasteiger partial charge in [0.15, 0.2) is 0 Å². The van der Waals surface area contributed by atoms with Gasteiger partial charge in [0.2, 0.25) is 0 Å². The van der Waals surface area contributed by atoms with Gasteiger partial charge in [-0.05, 0) is 32.0 Å². The van der Waals surface area contributed by atoms with Crippen LogP contribution in [0.25, 0.3) is 10.9 Å². The number of aromatic nitrogens is 2. The monoisotopic (exact) mass is 200 g/mol. The SMILES string of the molecule is CC(C)(O)C#Cc1ccc2cn[nH]c2c1. The molecule has 0 fully saturated rings. The molecule has 2 N–H and O–H groups in total. The quantitative estimate of drug-likeness (QED) is 0.636. The number of hydrogen-bond acceptors (Lipinski definition) is 2. The summed E-state index contributed by atoms with van der Waals surface area (Å²) in [6.07, 6.45) is 1.77. The Balaban J connectivity index is 2.39. The van der Waals surface area contributed by atoms with Crippen molar-refractivity contribution < 1.29 is 5.11 Å². The molecule has 2 aromatic rings. The Morgan fingerprint density at radius 3 is 2.93 bits per heavy atom. The molecule has 1 aromatic carbocycles. The summed E-state index contributed by atoms with van der Waals surface area (Å²) in [5.41, 5.74) is 0.870. The third kappa shape index (κ3) is 2.36. The lowest BCUT2D eigenvalue weighted by atomic mass is 10.1. The van der Waals surface area contributed by atoms with Crippen LogP contribution in [0.1, 0.15) is 19.4 Å². The molecule has 0 unspecified atom stereocenters. The first-order valence-corrected chi connectivity index (χ1v) is 4.73. The van der Waals surface area contributed by atoms with Crippen LogP contribution < -0.4 is 0 Å². The molecule has 0 atom stereocenters. The highest BCUT2D eigenvalue weighted by atomic mass is 16.3. The zero-order valence-corrected chi connectivity index (χ0v) is 8.70. The molecule has 0 bridgehead atoms. The number of aromatic amines is 1. The van der Waals surface area contributed by atoms with Crippen molar-refractivity contribution in [1.82, 2.24) is 10.2 Å². The average Bonchev–Trinajstić information content (AvgIpc) is 2.60. The van der Waals surface area contributed by atoms with E-state index in [0.717, 1.165) is 16.5 Å². The highest BCUT2D eigenvalue weighted by Crippen LogP contribution is 2.12. The maximum Gasteiger partial charge on any atom is 0.120 e. The topological polar surface area (TPSA) is 48.9 Å². The van der Waals surface area contributed by atoms with Gasteiger partial charge < -0.3 is 5.11 Å². The molecule has 0 radical (unpaired) electrons. The Hall–Kier alpha value is -1.79. The van der Waals surface area contributed by atoms with Crippen LogP contribution in [-0.2, 0) is 0 Å². The Labute approximate surface area is 88.1 Å². The molecule has 15 heavy (non-hydrogen) atoms. The molecule has 0 aliphatic rings. The van der Waals surface area contributed by atoms with E-state index in [0.29, 0.717) is 0 Å². The lowest BCUT2D eigenvalue weighted by Crippen LogP contribution is -2.14. The first kappa shape index (κ1) is 9.75. The first-order chi connectivity index (χ1) is 7.04. The van der Waals surface area contributed by atoms with E-state index in [1.54, 1.807) is 20.0 Å². The maximum absolute atomic E-state index is 9.46. The molecule has 0 saturated heterocycles. The summed E-state index contributed by atoms with van der Waals surface area (Å²) in [4.78, 5) is 0. The van der Waals surface area contributed by atoms with Gasteiger partial charge in [-0.15, -0.1) is 0 Å². The van der Waals surface area contributed by atoms with Crippen LogP contribution in [0.3, 0.4) is 0 Å². The van der Waals surface area contributed by atoms with Gasteiger partial charge in [0.05, 0.1) is 11.7 Å². The van der Waals surface area contributed by atoms with Crippen molar-refractivity contribution in [3.05, 3.63) is 30.0 Å². The molecule has 76 valence electrons. The van der Waals surface area contributed by atoms with Crippen molar-refractivity contribution in [3.63, 3.8) is 0 Å². The Morgan fingerprint density at radius 1 is 1.40 bits per heavy atom. The molecular weight excluding hydrogens is 188 g/mol. The summed E-state index contributed by atoms with van der Waals surface area (Å²) < 4.78 is 0.